The van der Waals surface area contributed by atoms with Crippen molar-refractivity contribution in [3.8, 4) is 0 Å². The van der Waals surface area contributed by atoms with Gasteiger partial charge in [-0.15, -0.1) is 0 Å². The summed E-state index contributed by atoms with van der Waals surface area (Å²) in [7, 11) is 0. The van der Waals surface area contributed by atoms with Gasteiger partial charge < -0.3 is 5.32 Å². The number of carbonyl (C=O) groups is 2. The van der Waals surface area contributed by atoms with Gasteiger partial charge in [0.2, 0.25) is 11.8 Å². The van der Waals surface area contributed by atoms with Crippen LogP contribution in [0.3, 0.4) is 0 Å². The minimum Gasteiger partial charge on any atom is -0.356 e. The van der Waals surface area contributed by atoms with Crippen LogP contribution in [0.2, 0.25) is 0 Å². The number of nitrogens with one attached hydrogen (secondary N) is 1. The first-order chi connectivity index (χ1) is 15.7. The van der Waals surface area contributed by atoms with E-state index in [1.807, 2.05) is 36.4 Å². The lowest BCUT2D eigenvalue weighted by molar-refractivity contribution is -0.133. The van der Waals surface area contributed by atoms with Crippen LogP contribution in [-0.4, -0.2) is 53.6 Å². The van der Waals surface area contributed by atoms with Crippen molar-refractivity contribution in [3.05, 3.63) is 71.8 Å². The SMILES string of the molecule is O=C(CCC(=O)N1CCC(c2ccccc2)=N1)NCC1CCCN(Cc2ccccc2)C1. The van der Waals surface area contributed by atoms with Crippen molar-refractivity contribution in [2.45, 2.75) is 38.6 Å². The second kappa shape index (κ2) is 11.0. The maximum atomic E-state index is 12.5. The second-order valence-corrected chi connectivity index (χ2v) is 8.71. The smallest absolute Gasteiger partial charge is 0.243 e. The van der Waals surface area contributed by atoms with Crippen LogP contribution in [0.15, 0.2) is 65.8 Å². The highest BCUT2D eigenvalue weighted by Crippen LogP contribution is 2.18. The average molecular weight is 433 g/mol. The average Bonchev–Trinajstić information content (AvgIpc) is 3.33. The molecule has 1 N–H and O–H groups in total. The van der Waals surface area contributed by atoms with Crippen molar-refractivity contribution in [1.82, 2.24) is 15.2 Å². The fraction of sp³-hybridized carbons (Fsp3) is 0.423. The van der Waals surface area contributed by atoms with E-state index in [2.05, 4.69) is 39.6 Å². The van der Waals surface area contributed by atoms with Crippen molar-refractivity contribution >= 4 is 17.5 Å². The number of hydrogen-bond donors (Lipinski definition) is 1. The van der Waals surface area contributed by atoms with E-state index >= 15 is 0 Å². The zero-order valence-electron chi connectivity index (χ0n) is 18.6. The Morgan fingerprint density at radius 2 is 1.72 bits per heavy atom. The molecule has 1 fully saturated rings. The third-order valence-corrected chi connectivity index (χ3v) is 6.20. The summed E-state index contributed by atoms with van der Waals surface area (Å²) < 4.78 is 0. The summed E-state index contributed by atoms with van der Waals surface area (Å²) in [5.74, 6) is 0.325. The molecular weight excluding hydrogens is 400 g/mol. The Bertz CT molecular complexity index is 929. The summed E-state index contributed by atoms with van der Waals surface area (Å²) in [6.07, 6.45) is 3.45. The lowest BCUT2D eigenvalue weighted by Gasteiger charge is -2.32. The fourth-order valence-corrected chi connectivity index (χ4v) is 4.47. The number of rotatable bonds is 8. The summed E-state index contributed by atoms with van der Waals surface area (Å²) >= 11 is 0. The van der Waals surface area contributed by atoms with Gasteiger partial charge in [-0.3, -0.25) is 14.5 Å². The van der Waals surface area contributed by atoms with Gasteiger partial charge in [-0.2, -0.15) is 5.10 Å². The quantitative estimate of drug-likeness (QED) is 0.695. The molecule has 2 aromatic carbocycles. The number of carbonyl (C=O) groups excluding carboxylic acids is 2. The molecule has 0 aliphatic carbocycles. The van der Waals surface area contributed by atoms with Crippen molar-refractivity contribution in [2.75, 3.05) is 26.2 Å². The van der Waals surface area contributed by atoms with Gasteiger partial charge in [-0.25, -0.2) is 5.01 Å². The molecule has 0 bridgehead atoms. The van der Waals surface area contributed by atoms with Crippen LogP contribution < -0.4 is 5.32 Å². The largest absolute Gasteiger partial charge is 0.356 e. The van der Waals surface area contributed by atoms with Gasteiger partial charge in [-0.05, 0) is 36.4 Å². The molecule has 168 valence electrons. The zero-order chi connectivity index (χ0) is 22.2. The molecule has 6 nitrogen and oxygen atoms in total. The molecule has 2 aromatic rings. The number of piperidine rings is 1. The fourth-order valence-electron chi connectivity index (χ4n) is 4.47. The summed E-state index contributed by atoms with van der Waals surface area (Å²) in [5.41, 5.74) is 3.31. The standard InChI is InChI=1S/C26H32N4O2/c31-25(13-14-26(32)30-17-15-24(28-30)23-11-5-2-6-12-23)27-18-22-10-7-16-29(20-22)19-21-8-3-1-4-9-21/h1-6,8-9,11-12,22H,7,10,13-20H2,(H,27,31). The molecular formula is C26H32N4O2. The summed E-state index contributed by atoms with van der Waals surface area (Å²) in [4.78, 5) is 27.3. The van der Waals surface area contributed by atoms with Crippen LogP contribution in [0.25, 0.3) is 0 Å². The molecule has 1 atom stereocenters. The molecule has 0 radical (unpaired) electrons. The number of likely N-dealkylation sites (tertiary alicyclic amines) is 1. The number of nitrogens with zero attached hydrogens (tertiary/aromatic N) is 3. The predicted octanol–water partition coefficient (Wildman–Crippen LogP) is 3.43. The van der Waals surface area contributed by atoms with Gasteiger partial charge >= 0.3 is 0 Å². The Kier molecular flexibility index (Phi) is 7.67. The molecule has 2 amide bonds. The van der Waals surface area contributed by atoms with E-state index in [9.17, 15) is 9.59 Å². The van der Waals surface area contributed by atoms with Gasteiger partial charge in [0.1, 0.15) is 0 Å². The highest BCUT2D eigenvalue weighted by atomic mass is 16.2. The van der Waals surface area contributed by atoms with E-state index in [-0.39, 0.29) is 24.7 Å². The second-order valence-electron chi connectivity index (χ2n) is 8.71. The normalized spacial score (nSPS) is 18.9. The summed E-state index contributed by atoms with van der Waals surface area (Å²) in [5, 5.41) is 9.02. The van der Waals surface area contributed by atoms with E-state index in [0.717, 1.165) is 50.2 Å². The molecule has 0 aromatic heterocycles. The number of benzene rings is 2. The number of hydrogen-bond acceptors (Lipinski definition) is 4. The molecule has 4 rings (SSSR count). The lowest BCUT2D eigenvalue weighted by Crippen LogP contribution is -2.40. The van der Waals surface area contributed by atoms with Crippen LogP contribution in [-0.2, 0) is 16.1 Å². The first-order valence-electron chi connectivity index (χ1n) is 11.6. The van der Waals surface area contributed by atoms with E-state index in [1.165, 1.54) is 10.6 Å². The maximum Gasteiger partial charge on any atom is 0.243 e. The molecule has 2 aliphatic heterocycles. The van der Waals surface area contributed by atoms with E-state index < -0.39 is 0 Å². The Hall–Kier alpha value is -2.99. The minimum atomic E-state index is -0.0854. The van der Waals surface area contributed by atoms with Crippen LogP contribution in [0.1, 0.15) is 43.2 Å². The van der Waals surface area contributed by atoms with Gasteiger partial charge in [0.25, 0.3) is 0 Å². The van der Waals surface area contributed by atoms with Crippen molar-refractivity contribution in [1.29, 1.82) is 0 Å². The van der Waals surface area contributed by atoms with E-state index in [1.54, 1.807) is 0 Å². The minimum absolute atomic E-state index is 0.0509. The molecule has 32 heavy (non-hydrogen) atoms. The molecule has 1 unspecified atom stereocenters. The molecule has 2 aliphatic rings. The maximum absolute atomic E-state index is 12.5. The van der Waals surface area contributed by atoms with Crippen molar-refractivity contribution in [3.63, 3.8) is 0 Å². The lowest BCUT2D eigenvalue weighted by atomic mass is 9.97. The van der Waals surface area contributed by atoms with Crippen LogP contribution >= 0.6 is 0 Å². The summed E-state index contributed by atoms with van der Waals surface area (Å²) in [6.45, 7) is 4.33. The van der Waals surface area contributed by atoms with Crippen LogP contribution in [0.5, 0.6) is 0 Å². The third kappa shape index (κ3) is 6.26. The van der Waals surface area contributed by atoms with Gasteiger partial charge in [0, 0.05) is 38.9 Å². The molecule has 6 heteroatoms. The van der Waals surface area contributed by atoms with Gasteiger partial charge in [0.05, 0.1) is 12.3 Å². The topological polar surface area (TPSA) is 65.0 Å². The molecule has 0 saturated carbocycles. The van der Waals surface area contributed by atoms with Crippen LogP contribution in [0, 0.1) is 5.92 Å². The number of hydrazone groups is 1. The molecule has 0 spiro atoms. The predicted molar refractivity (Wildman–Crippen MR) is 126 cm³/mol. The highest BCUT2D eigenvalue weighted by molar-refractivity contribution is 6.02. The summed E-state index contributed by atoms with van der Waals surface area (Å²) in [6, 6.07) is 20.4. The van der Waals surface area contributed by atoms with Crippen molar-refractivity contribution in [2.24, 2.45) is 11.0 Å². The van der Waals surface area contributed by atoms with Gasteiger partial charge in [-0.1, -0.05) is 60.7 Å². The first-order valence-corrected chi connectivity index (χ1v) is 11.6. The Labute approximate surface area is 190 Å². The van der Waals surface area contributed by atoms with Gasteiger partial charge in [0.15, 0.2) is 0 Å². The first kappa shape index (κ1) is 22.2. The third-order valence-electron chi connectivity index (χ3n) is 6.20. The van der Waals surface area contributed by atoms with Crippen LogP contribution in [0.4, 0.5) is 0 Å². The van der Waals surface area contributed by atoms with E-state index in [4.69, 9.17) is 0 Å². The van der Waals surface area contributed by atoms with Crippen molar-refractivity contribution < 1.29 is 9.59 Å². The highest BCUT2D eigenvalue weighted by Gasteiger charge is 2.23. The molecule has 1 saturated heterocycles. The number of amides is 2. The monoisotopic (exact) mass is 432 g/mol. The Morgan fingerprint density at radius 1 is 0.969 bits per heavy atom. The Balaban J connectivity index is 1.17. The molecule has 2 heterocycles. The zero-order valence-corrected chi connectivity index (χ0v) is 18.6. The Morgan fingerprint density at radius 3 is 2.50 bits per heavy atom. The van der Waals surface area contributed by atoms with E-state index in [0.29, 0.717) is 19.0 Å².